The van der Waals surface area contributed by atoms with Gasteiger partial charge in [-0.2, -0.15) is 0 Å². The van der Waals surface area contributed by atoms with Crippen molar-refractivity contribution in [1.82, 2.24) is 0 Å². The van der Waals surface area contributed by atoms with Crippen molar-refractivity contribution >= 4 is 70.5 Å². The third-order valence-electron chi connectivity index (χ3n) is 4.55. The molecule has 20 heteroatoms. The predicted octanol–water partition coefficient (Wildman–Crippen LogP) is -5.11. The summed E-state index contributed by atoms with van der Waals surface area (Å²) >= 11 is 0. The number of rotatable bonds is 6. The molecule has 0 atom stereocenters. The quantitative estimate of drug-likeness (QED) is 0.138. The second-order valence-electron chi connectivity index (χ2n) is 6.86. The smallest absolute Gasteiger partial charge is 0.661 e. The molecule has 0 spiro atoms. The Morgan fingerprint density at radius 1 is 0.318 bits per heavy atom. The molecule has 0 heterocycles. The Labute approximate surface area is 265 Å². The van der Waals surface area contributed by atoms with Gasteiger partial charge in [0.05, 0.1) is 33.4 Å². The van der Waals surface area contributed by atoms with Crippen molar-refractivity contribution in [3.05, 3.63) is 106 Å². The number of hydrogen-bond donors (Lipinski definition) is 0. The van der Waals surface area contributed by atoms with Crippen molar-refractivity contribution in [2.75, 3.05) is 0 Å². The van der Waals surface area contributed by atoms with E-state index in [1.54, 1.807) is 0 Å². The summed E-state index contributed by atoms with van der Waals surface area (Å²) in [6, 6.07) is 15.5. The van der Waals surface area contributed by atoms with Crippen LogP contribution in [0.25, 0.3) is 0 Å². The minimum Gasteiger partial charge on any atom is -0.661 e. The molecule has 0 saturated heterocycles. The van der Waals surface area contributed by atoms with Crippen molar-refractivity contribution in [1.29, 1.82) is 0 Å². The molecule has 222 valence electrons. The third-order valence-corrected chi connectivity index (χ3v) is 4.55. The van der Waals surface area contributed by atoms with E-state index in [1.165, 1.54) is 72.8 Å². The van der Waals surface area contributed by atoms with Crippen LogP contribution in [0.3, 0.4) is 0 Å². The summed E-state index contributed by atoms with van der Waals surface area (Å²) < 4.78 is 0. The van der Waals surface area contributed by atoms with Gasteiger partial charge in [-0.25, -0.2) is 28.8 Å². The summed E-state index contributed by atoms with van der Waals surface area (Å²) in [7, 11) is 0. The van der Waals surface area contributed by atoms with Crippen molar-refractivity contribution in [3.63, 3.8) is 0 Å². The Bertz CT molecular complexity index is 1150. The standard InChI is InChI=1S/3C8H6O6.2Al/c3*9-7(13-11)5-3-1-2-4-6(5)8(10)14-12;;/h3*1-4,11-12H;;/q;;;2*+3/p-6. The van der Waals surface area contributed by atoms with Crippen LogP contribution in [0.15, 0.2) is 72.8 Å². The first-order valence-corrected chi connectivity index (χ1v) is 10.4. The van der Waals surface area contributed by atoms with E-state index in [1.807, 2.05) is 0 Å². The molecule has 0 saturated carbocycles. The summed E-state index contributed by atoms with van der Waals surface area (Å²) in [6.45, 7) is 0. The van der Waals surface area contributed by atoms with Crippen LogP contribution in [0.1, 0.15) is 62.1 Å². The van der Waals surface area contributed by atoms with Crippen LogP contribution < -0.4 is 31.5 Å². The van der Waals surface area contributed by atoms with Gasteiger partial charge in [0, 0.05) is 0 Å². The molecule has 18 nitrogen and oxygen atoms in total. The summed E-state index contributed by atoms with van der Waals surface area (Å²) in [5, 5.41) is 58.9. The van der Waals surface area contributed by atoms with E-state index in [9.17, 15) is 60.3 Å². The van der Waals surface area contributed by atoms with E-state index in [-0.39, 0.29) is 68.1 Å². The van der Waals surface area contributed by atoms with Gasteiger partial charge in [-0.05, 0) is 36.4 Å². The van der Waals surface area contributed by atoms with Gasteiger partial charge in [0.15, 0.2) is 0 Å². The number of benzene rings is 3. The fourth-order valence-corrected chi connectivity index (χ4v) is 2.79. The van der Waals surface area contributed by atoms with Crippen molar-refractivity contribution in [2.45, 2.75) is 0 Å². The van der Waals surface area contributed by atoms with E-state index in [0.29, 0.717) is 0 Å². The second-order valence-corrected chi connectivity index (χ2v) is 6.86. The third kappa shape index (κ3) is 11.9. The first-order chi connectivity index (χ1) is 20.1. The van der Waals surface area contributed by atoms with Crippen LogP contribution in [0, 0.1) is 0 Å². The topological polar surface area (TPSA) is 296 Å². The van der Waals surface area contributed by atoms with Gasteiger partial charge < -0.3 is 60.9 Å². The average molecular weight is 642 g/mol. The maximum atomic E-state index is 10.8. The molecular formula is C24H12Al2O18. The van der Waals surface area contributed by atoms with Gasteiger partial charge in [0.1, 0.15) is 0 Å². The molecule has 0 bridgehead atoms. The minimum absolute atomic E-state index is 0. The summed E-state index contributed by atoms with van der Waals surface area (Å²) in [4.78, 5) is 83.9. The van der Waals surface area contributed by atoms with Gasteiger partial charge in [-0.3, -0.25) is 0 Å². The van der Waals surface area contributed by atoms with Crippen molar-refractivity contribution < 1.29 is 89.6 Å². The molecule has 3 aromatic carbocycles. The number of carbonyl (C=O) groups excluding carboxylic acids is 6. The van der Waals surface area contributed by atoms with Crippen LogP contribution in [-0.2, 0) is 29.3 Å². The summed E-state index contributed by atoms with van der Waals surface area (Å²) in [5.41, 5.74) is -1.81. The summed E-state index contributed by atoms with van der Waals surface area (Å²) in [5.74, 6) is -7.47. The van der Waals surface area contributed by atoms with E-state index >= 15 is 0 Å². The Morgan fingerprint density at radius 2 is 0.432 bits per heavy atom. The Morgan fingerprint density at radius 3 is 0.523 bits per heavy atom. The fraction of sp³-hybridized carbons (Fsp3) is 0. The predicted molar refractivity (Wildman–Crippen MR) is 123 cm³/mol. The zero-order valence-electron chi connectivity index (χ0n) is 21.4. The van der Waals surface area contributed by atoms with E-state index in [2.05, 4.69) is 29.3 Å². The Balaban J connectivity index is 0. The molecule has 0 aliphatic heterocycles. The first kappa shape index (κ1) is 41.4. The summed E-state index contributed by atoms with van der Waals surface area (Å²) in [6.07, 6.45) is 0. The molecule has 0 unspecified atom stereocenters. The fourth-order valence-electron chi connectivity index (χ4n) is 2.79. The molecule has 0 aliphatic rings. The maximum Gasteiger partial charge on any atom is 3.00 e. The molecule has 0 radical (unpaired) electrons. The monoisotopic (exact) mass is 642 g/mol. The zero-order chi connectivity index (χ0) is 31.7. The normalized spacial score (nSPS) is 8.86. The van der Waals surface area contributed by atoms with E-state index in [4.69, 9.17) is 0 Å². The zero-order valence-corrected chi connectivity index (χ0v) is 23.7. The van der Waals surface area contributed by atoms with Gasteiger partial charge in [0.2, 0.25) is 0 Å². The maximum absolute atomic E-state index is 10.8. The molecule has 0 aromatic heterocycles. The van der Waals surface area contributed by atoms with Gasteiger partial charge in [0.25, 0.3) is 0 Å². The molecule has 3 rings (SSSR count). The molecular weight excluding hydrogens is 630 g/mol. The first-order valence-electron chi connectivity index (χ1n) is 10.4. The van der Waals surface area contributed by atoms with E-state index < -0.39 is 35.8 Å². The Kier molecular flexibility index (Phi) is 20.7. The van der Waals surface area contributed by atoms with Crippen LogP contribution in [0.2, 0.25) is 0 Å². The molecule has 0 aliphatic carbocycles. The Hall–Kier alpha value is -4.70. The SMILES string of the molecule is O=C(O[O-])c1ccccc1C(=O)O[O-].O=C(O[O-])c1ccccc1C(=O)O[O-].O=C(O[O-])c1ccccc1C(=O)O[O-].[Al+3].[Al+3]. The number of hydrogen-bond acceptors (Lipinski definition) is 18. The second kappa shape index (κ2) is 21.9. The average Bonchev–Trinajstić information content (AvgIpc) is 3.06. The number of carbonyl (C=O) groups is 6. The largest absolute Gasteiger partial charge is 3.00 e. The van der Waals surface area contributed by atoms with E-state index in [0.717, 1.165) is 0 Å². The molecule has 0 fully saturated rings. The van der Waals surface area contributed by atoms with Gasteiger partial charge in [-0.1, -0.05) is 36.4 Å². The molecule has 44 heavy (non-hydrogen) atoms. The van der Waals surface area contributed by atoms with Crippen molar-refractivity contribution in [3.8, 4) is 0 Å². The van der Waals surface area contributed by atoms with Gasteiger partial charge >= 0.3 is 70.5 Å². The van der Waals surface area contributed by atoms with Crippen molar-refractivity contribution in [2.24, 2.45) is 0 Å². The molecule has 0 N–H and O–H groups in total. The van der Waals surface area contributed by atoms with Gasteiger partial charge in [-0.15, -0.1) is 0 Å². The van der Waals surface area contributed by atoms with Crippen LogP contribution in [0.5, 0.6) is 0 Å². The molecule has 0 amide bonds. The minimum atomic E-state index is -1.24. The van der Waals surface area contributed by atoms with Crippen LogP contribution >= 0.6 is 0 Å². The van der Waals surface area contributed by atoms with Crippen LogP contribution in [-0.4, -0.2) is 70.5 Å². The molecule has 3 aromatic rings. The van der Waals surface area contributed by atoms with Crippen LogP contribution in [0.4, 0.5) is 0 Å².